The Morgan fingerprint density at radius 3 is 1.70 bits per heavy atom. The zero-order valence-corrected chi connectivity index (χ0v) is 13.3. The molecule has 4 aliphatic carbocycles. The van der Waals surface area contributed by atoms with Gasteiger partial charge in [0.2, 0.25) is 0 Å². The average Bonchev–Trinajstić information content (AvgIpc) is 3.36. The van der Waals surface area contributed by atoms with Gasteiger partial charge in [0.1, 0.15) is 0 Å². The third kappa shape index (κ3) is 4.20. The standard InChI is InChI=1S/C8H12O.C7H10.C4H2O3/c9-5-8-4-6-1-2-7(8)3-6;1-2-7-4-3-6(1)5-7;5-3-1-2-4(6)7-3/h1-2,6-9H,3-5H2;1-2,6-7H,3-5H2;1-2H. The number of carbonyl (C=O) groups excluding carboxylic acids is 2. The summed E-state index contributed by atoms with van der Waals surface area (Å²) in [6, 6.07) is 0. The smallest absolute Gasteiger partial charge is 0.338 e. The number of aliphatic hydroxyl groups excluding tert-OH is 1. The number of fused-ring (bicyclic) bond motifs is 4. The molecule has 1 N–H and O–H groups in total. The Bertz CT molecular complexity index is 518. The molecule has 124 valence electrons. The maximum atomic E-state index is 9.92. The lowest BCUT2D eigenvalue weighted by Crippen LogP contribution is -2.10. The van der Waals surface area contributed by atoms with Crippen LogP contribution in [0.15, 0.2) is 36.5 Å². The van der Waals surface area contributed by atoms with Crippen LogP contribution in [0.3, 0.4) is 0 Å². The Morgan fingerprint density at radius 1 is 0.870 bits per heavy atom. The summed E-state index contributed by atoms with van der Waals surface area (Å²) < 4.78 is 3.97. The molecule has 2 saturated carbocycles. The van der Waals surface area contributed by atoms with Crippen LogP contribution in [0.5, 0.6) is 0 Å². The number of allylic oxidation sites excluding steroid dienone is 4. The molecule has 4 nitrogen and oxygen atoms in total. The number of hydrogen-bond donors (Lipinski definition) is 1. The van der Waals surface area contributed by atoms with Gasteiger partial charge in [0.15, 0.2) is 0 Å². The van der Waals surface area contributed by atoms with Gasteiger partial charge in [0.05, 0.1) is 0 Å². The van der Waals surface area contributed by atoms with Gasteiger partial charge in [-0.15, -0.1) is 0 Å². The maximum Gasteiger partial charge on any atom is 0.338 e. The van der Waals surface area contributed by atoms with Crippen molar-refractivity contribution in [1.29, 1.82) is 0 Å². The van der Waals surface area contributed by atoms with Gasteiger partial charge in [0.25, 0.3) is 0 Å². The molecule has 1 aliphatic heterocycles. The Hall–Kier alpha value is -1.68. The monoisotopic (exact) mass is 316 g/mol. The van der Waals surface area contributed by atoms with Gasteiger partial charge >= 0.3 is 11.9 Å². The van der Waals surface area contributed by atoms with E-state index in [4.69, 9.17) is 5.11 Å². The number of ether oxygens (including phenoxy) is 1. The molecule has 23 heavy (non-hydrogen) atoms. The lowest BCUT2D eigenvalue weighted by Gasteiger charge is -2.13. The molecule has 1 heterocycles. The predicted octanol–water partition coefficient (Wildman–Crippen LogP) is 2.79. The Morgan fingerprint density at radius 2 is 1.48 bits per heavy atom. The third-order valence-corrected chi connectivity index (χ3v) is 5.38. The lowest BCUT2D eigenvalue weighted by atomic mass is 9.95. The summed E-state index contributed by atoms with van der Waals surface area (Å²) >= 11 is 0. The van der Waals surface area contributed by atoms with E-state index in [0.717, 1.165) is 35.8 Å². The zero-order valence-electron chi connectivity index (χ0n) is 13.3. The van der Waals surface area contributed by atoms with Crippen LogP contribution in [-0.4, -0.2) is 23.7 Å². The molecule has 0 radical (unpaired) electrons. The minimum Gasteiger partial charge on any atom is -0.396 e. The first-order valence-electron chi connectivity index (χ1n) is 8.55. The van der Waals surface area contributed by atoms with Crippen LogP contribution in [0.4, 0.5) is 0 Å². The number of esters is 2. The second-order valence-electron chi connectivity index (χ2n) is 7.01. The minimum atomic E-state index is -0.579. The lowest BCUT2D eigenvalue weighted by molar-refractivity contribution is -0.150. The summed E-state index contributed by atoms with van der Waals surface area (Å²) in [7, 11) is 0. The minimum absolute atomic E-state index is 0.394. The van der Waals surface area contributed by atoms with E-state index in [0.29, 0.717) is 12.5 Å². The molecule has 0 saturated heterocycles. The van der Waals surface area contributed by atoms with Crippen molar-refractivity contribution in [3.63, 3.8) is 0 Å². The van der Waals surface area contributed by atoms with Crippen molar-refractivity contribution >= 4 is 11.9 Å². The molecular formula is C19H24O4. The Kier molecular flexibility index (Phi) is 5.11. The summed E-state index contributed by atoms with van der Waals surface area (Å²) in [6.45, 7) is 0.394. The summed E-state index contributed by atoms with van der Waals surface area (Å²) in [5, 5.41) is 8.85. The molecule has 5 rings (SSSR count). The second kappa shape index (κ2) is 7.26. The molecule has 5 unspecified atom stereocenters. The van der Waals surface area contributed by atoms with E-state index in [9.17, 15) is 9.59 Å². The van der Waals surface area contributed by atoms with Gasteiger partial charge in [0, 0.05) is 18.8 Å². The van der Waals surface area contributed by atoms with Gasteiger partial charge < -0.3 is 9.84 Å². The van der Waals surface area contributed by atoms with E-state index in [1.807, 2.05) is 0 Å². The first-order chi connectivity index (χ1) is 11.1. The number of cyclic esters (lactones) is 2. The highest BCUT2D eigenvalue weighted by molar-refractivity contribution is 6.04. The molecule has 0 aromatic heterocycles. The Labute approximate surface area is 136 Å². The third-order valence-electron chi connectivity index (χ3n) is 5.38. The van der Waals surface area contributed by atoms with Gasteiger partial charge in [-0.2, -0.15) is 0 Å². The van der Waals surface area contributed by atoms with Gasteiger partial charge in [-0.3, -0.25) is 0 Å². The fourth-order valence-electron chi connectivity index (χ4n) is 4.12. The quantitative estimate of drug-likeness (QED) is 0.459. The van der Waals surface area contributed by atoms with Crippen LogP contribution in [0.2, 0.25) is 0 Å². The van der Waals surface area contributed by atoms with Crippen molar-refractivity contribution in [3.05, 3.63) is 36.5 Å². The molecule has 5 aliphatic rings. The van der Waals surface area contributed by atoms with E-state index in [1.165, 1.54) is 32.1 Å². The van der Waals surface area contributed by atoms with Gasteiger partial charge in [-0.05, 0) is 61.7 Å². The zero-order chi connectivity index (χ0) is 16.2. The van der Waals surface area contributed by atoms with Gasteiger partial charge in [-0.1, -0.05) is 24.3 Å². The molecule has 2 fully saturated rings. The van der Waals surface area contributed by atoms with Crippen molar-refractivity contribution in [2.45, 2.75) is 32.1 Å². The fraction of sp³-hybridized carbons (Fsp3) is 0.579. The first kappa shape index (κ1) is 16.2. The summed E-state index contributed by atoms with van der Waals surface area (Å²) in [5.41, 5.74) is 0. The van der Waals surface area contributed by atoms with Crippen LogP contribution < -0.4 is 0 Å². The van der Waals surface area contributed by atoms with Gasteiger partial charge in [-0.25, -0.2) is 9.59 Å². The predicted molar refractivity (Wildman–Crippen MR) is 86.1 cm³/mol. The summed E-state index contributed by atoms with van der Waals surface area (Å²) in [6.07, 6.45) is 18.5. The SMILES string of the molecule is C1=CC2CCC1C2.O=C1C=CC(=O)O1.OCC1CC2C=CC1C2. The second-order valence-corrected chi connectivity index (χ2v) is 7.01. The number of hydrogen-bond acceptors (Lipinski definition) is 4. The summed E-state index contributed by atoms with van der Waals surface area (Å²) in [4.78, 5) is 19.8. The molecule has 0 spiro atoms. The Balaban J connectivity index is 0.000000103. The molecule has 0 amide bonds. The van der Waals surface area contributed by atoms with Crippen molar-refractivity contribution in [2.24, 2.45) is 29.6 Å². The molecule has 4 heteroatoms. The van der Waals surface area contributed by atoms with Crippen LogP contribution in [0, 0.1) is 29.6 Å². The fourth-order valence-corrected chi connectivity index (χ4v) is 4.12. The molecule has 0 aromatic rings. The summed E-state index contributed by atoms with van der Waals surface area (Å²) in [5.74, 6) is 2.96. The number of carbonyl (C=O) groups is 2. The highest BCUT2D eigenvalue weighted by Crippen LogP contribution is 2.42. The highest BCUT2D eigenvalue weighted by Gasteiger charge is 2.34. The average molecular weight is 316 g/mol. The van der Waals surface area contributed by atoms with Crippen molar-refractivity contribution in [1.82, 2.24) is 0 Å². The number of aliphatic hydroxyl groups is 1. The van der Waals surface area contributed by atoms with Crippen molar-refractivity contribution < 1.29 is 19.4 Å². The largest absolute Gasteiger partial charge is 0.396 e. The molecular weight excluding hydrogens is 292 g/mol. The van der Waals surface area contributed by atoms with E-state index in [1.54, 1.807) is 0 Å². The van der Waals surface area contributed by atoms with Crippen LogP contribution in [0.1, 0.15) is 32.1 Å². The highest BCUT2D eigenvalue weighted by atomic mass is 16.6. The van der Waals surface area contributed by atoms with Crippen LogP contribution in [-0.2, 0) is 14.3 Å². The molecule has 0 aromatic carbocycles. The first-order valence-corrected chi connectivity index (χ1v) is 8.55. The van der Waals surface area contributed by atoms with E-state index < -0.39 is 11.9 Å². The van der Waals surface area contributed by atoms with E-state index >= 15 is 0 Å². The molecule has 5 atom stereocenters. The normalized spacial score (nSPS) is 37.5. The van der Waals surface area contributed by atoms with Crippen molar-refractivity contribution in [3.8, 4) is 0 Å². The van der Waals surface area contributed by atoms with Crippen LogP contribution in [0.25, 0.3) is 0 Å². The van der Waals surface area contributed by atoms with Crippen LogP contribution >= 0.6 is 0 Å². The number of rotatable bonds is 1. The van der Waals surface area contributed by atoms with Crippen molar-refractivity contribution in [2.75, 3.05) is 6.61 Å². The maximum absolute atomic E-state index is 9.92. The van der Waals surface area contributed by atoms with E-state index in [-0.39, 0.29) is 0 Å². The topological polar surface area (TPSA) is 63.6 Å². The molecule has 4 bridgehead atoms. The van der Waals surface area contributed by atoms with E-state index in [2.05, 4.69) is 29.0 Å².